The minimum atomic E-state index is -1.21. The second-order valence-electron chi connectivity index (χ2n) is 10.8. The van der Waals surface area contributed by atoms with Crippen molar-refractivity contribution < 1.29 is 24.5 Å². The van der Waals surface area contributed by atoms with Crippen LogP contribution < -0.4 is 5.32 Å². The lowest BCUT2D eigenvalue weighted by molar-refractivity contribution is -0.154. The molecule has 0 aliphatic carbocycles. The van der Waals surface area contributed by atoms with Gasteiger partial charge >= 0.3 is 5.97 Å². The molecule has 2 saturated heterocycles. The number of nitrogens with zero attached hydrogens (tertiary/aromatic N) is 1. The van der Waals surface area contributed by atoms with Gasteiger partial charge in [-0.2, -0.15) is 0 Å². The Hall–Kier alpha value is -1.61. The first kappa shape index (κ1) is 27.0. The lowest BCUT2D eigenvalue weighted by atomic mass is 9.73. The Balaban J connectivity index is 1.81. The van der Waals surface area contributed by atoms with Gasteiger partial charge in [0.2, 0.25) is 0 Å². The lowest BCUT2D eigenvalue weighted by Gasteiger charge is -2.34. The van der Waals surface area contributed by atoms with Gasteiger partial charge in [0.1, 0.15) is 11.9 Å². The van der Waals surface area contributed by atoms with E-state index in [2.05, 4.69) is 10.3 Å². The second kappa shape index (κ2) is 11.0. The normalized spacial score (nSPS) is 36.0. The quantitative estimate of drug-likeness (QED) is 0.426. The number of cyclic esters (lactones) is 1. The average Bonchev–Trinajstić information content (AvgIpc) is 3.38. The van der Waals surface area contributed by atoms with Crippen LogP contribution in [0.15, 0.2) is 11.0 Å². The number of aliphatic hydroxyl groups is 2. The Morgan fingerprint density at radius 1 is 1.24 bits per heavy atom. The Morgan fingerprint density at radius 3 is 2.59 bits per heavy atom. The summed E-state index contributed by atoms with van der Waals surface area (Å²) in [5, 5.41) is 28.1. The molecule has 8 heteroatoms. The van der Waals surface area contributed by atoms with Crippen LogP contribution in [0.3, 0.4) is 0 Å². The van der Waals surface area contributed by atoms with Gasteiger partial charge in [0.25, 0.3) is 0 Å². The molecule has 0 radical (unpaired) electrons. The van der Waals surface area contributed by atoms with Gasteiger partial charge < -0.3 is 20.3 Å². The summed E-state index contributed by atoms with van der Waals surface area (Å²) in [5.74, 6) is -1.43. The maximum Gasteiger partial charge on any atom is 0.309 e. The molecule has 2 aliphatic heterocycles. The van der Waals surface area contributed by atoms with Crippen LogP contribution in [0.2, 0.25) is 0 Å². The van der Waals surface area contributed by atoms with E-state index in [1.165, 1.54) is 0 Å². The van der Waals surface area contributed by atoms with Crippen molar-refractivity contribution >= 4 is 29.2 Å². The molecule has 3 rings (SSSR count). The van der Waals surface area contributed by atoms with E-state index >= 15 is 0 Å². The van der Waals surface area contributed by atoms with Crippen LogP contribution in [0, 0.1) is 24.2 Å². The van der Waals surface area contributed by atoms with Crippen molar-refractivity contribution in [3.63, 3.8) is 0 Å². The number of nitrogens with one attached hydrogen (secondary N) is 1. The van der Waals surface area contributed by atoms with E-state index in [0.29, 0.717) is 12.5 Å². The Labute approximate surface area is 207 Å². The summed E-state index contributed by atoms with van der Waals surface area (Å²) in [6.07, 6.45) is 2.64. The van der Waals surface area contributed by atoms with Gasteiger partial charge in [-0.15, -0.1) is 11.3 Å². The first-order valence-electron chi connectivity index (χ1n) is 12.4. The minimum Gasteiger partial charge on any atom is -0.458 e. The van der Waals surface area contributed by atoms with Gasteiger partial charge in [-0.3, -0.25) is 9.59 Å². The molecule has 0 bridgehead atoms. The van der Waals surface area contributed by atoms with Crippen LogP contribution in [-0.2, 0) is 14.3 Å². The Bertz CT molecular complexity index is 911. The van der Waals surface area contributed by atoms with E-state index in [4.69, 9.17) is 4.74 Å². The number of Topliss-reactive ketones (excluding diaryl/α,β-unsaturated/α-hetero) is 1. The molecule has 34 heavy (non-hydrogen) atoms. The molecule has 190 valence electrons. The fourth-order valence-corrected chi connectivity index (χ4v) is 5.49. The highest BCUT2D eigenvalue weighted by Crippen LogP contribution is 2.33. The minimum absolute atomic E-state index is 0.0264. The third-order valence-electron chi connectivity index (χ3n) is 7.58. The van der Waals surface area contributed by atoms with Gasteiger partial charge in [0, 0.05) is 29.8 Å². The topological polar surface area (TPSA) is 119 Å². The number of fused-ring (bicyclic) bond motifs is 1. The van der Waals surface area contributed by atoms with E-state index in [1.54, 1.807) is 32.1 Å². The smallest absolute Gasteiger partial charge is 0.309 e. The summed E-state index contributed by atoms with van der Waals surface area (Å²) in [6, 6.07) is 0.615. The van der Waals surface area contributed by atoms with E-state index in [0.717, 1.165) is 35.5 Å². The largest absolute Gasteiger partial charge is 0.458 e. The zero-order chi connectivity index (χ0) is 25.2. The lowest BCUT2D eigenvalue weighted by Crippen LogP contribution is -2.45. The van der Waals surface area contributed by atoms with Crippen molar-refractivity contribution in [1.82, 2.24) is 10.3 Å². The number of ketones is 1. The highest BCUT2D eigenvalue weighted by Gasteiger charge is 2.43. The first-order chi connectivity index (χ1) is 15.9. The summed E-state index contributed by atoms with van der Waals surface area (Å²) in [5.41, 5.74) is 0.567. The van der Waals surface area contributed by atoms with Crippen molar-refractivity contribution in [3.05, 3.63) is 21.7 Å². The number of esters is 1. The molecule has 2 aliphatic rings. The van der Waals surface area contributed by atoms with Gasteiger partial charge in [-0.25, -0.2) is 4.98 Å². The van der Waals surface area contributed by atoms with Crippen molar-refractivity contribution in [1.29, 1.82) is 0 Å². The van der Waals surface area contributed by atoms with E-state index in [-0.39, 0.29) is 24.2 Å². The molecule has 1 unspecified atom stereocenters. The van der Waals surface area contributed by atoms with Gasteiger partial charge in [0.05, 0.1) is 34.7 Å². The molecule has 0 saturated carbocycles. The second-order valence-corrected chi connectivity index (χ2v) is 11.8. The summed E-state index contributed by atoms with van der Waals surface area (Å²) < 4.78 is 5.86. The zero-order valence-corrected chi connectivity index (χ0v) is 22.0. The number of ether oxygens (including phenoxy) is 1. The summed E-state index contributed by atoms with van der Waals surface area (Å²) in [7, 11) is 0. The maximum absolute atomic E-state index is 13.2. The zero-order valence-electron chi connectivity index (χ0n) is 21.2. The van der Waals surface area contributed by atoms with Crippen LogP contribution in [-0.4, -0.2) is 57.3 Å². The average molecular weight is 493 g/mol. The number of hydrogen-bond acceptors (Lipinski definition) is 8. The summed E-state index contributed by atoms with van der Waals surface area (Å²) in [4.78, 5) is 30.5. The number of aromatic nitrogens is 1. The molecule has 3 heterocycles. The molecule has 0 amide bonds. The fourth-order valence-electron chi connectivity index (χ4n) is 4.92. The number of carbonyl (C=O) groups excluding carboxylic acids is 2. The van der Waals surface area contributed by atoms with Crippen LogP contribution in [0.4, 0.5) is 0 Å². The Kier molecular flexibility index (Phi) is 8.71. The number of aryl methyl sites for hydroxylation is 1. The monoisotopic (exact) mass is 492 g/mol. The number of rotatable bonds is 2. The third kappa shape index (κ3) is 6.53. The van der Waals surface area contributed by atoms with Gasteiger partial charge in [0.15, 0.2) is 0 Å². The standard InChI is InChI=1S/C26H40N2O5S/c1-14-8-7-9-19-20(28-19)11-21(15(2)10-18-13-34-17(4)27-18)33-23(30)12-22(29)26(5,6)25(32)16(3)24(14)31/h10,13-14,16,19-22,24,28-29,31H,7-9,11-12H2,1-6H3/t14-,16-,19?,20+,21+,22+,24+/m1/s1. The molecular formula is C26H40N2O5S. The number of aliphatic hydroxyl groups excluding tert-OH is 2. The highest BCUT2D eigenvalue weighted by atomic mass is 32.1. The van der Waals surface area contributed by atoms with E-state index in [1.807, 2.05) is 32.2 Å². The third-order valence-corrected chi connectivity index (χ3v) is 8.37. The van der Waals surface area contributed by atoms with Crippen molar-refractivity contribution in [2.45, 2.75) is 104 Å². The molecule has 2 fully saturated rings. The van der Waals surface area contributed by atoms with E-state index in [9.17, 15) is 19.8 Å². The van der Waals surface area contributed by atoms with Crippen LogP contribution in [0.5, 0.6) is 0 Å². The van der Waals surface area contributed by atoms with Crippen molar-refractivity contribution in [3.8, 4) is 0 Å². The number of thiazole rings is 1. The molecule has 0 aromatic carbocycles. The predicted molar refractivity (Wildman–Crippen MR) is 133 cm³/mol. The Morgan fingerprint density at radius 2 is 1.94 bits per heavy atom. The summed E-state index contributed by atoms with van der Waals surface area (Å²) in [6.45, 7) is 10.8. The summed E-state index contributed by atoms with van der Waals surface area (Å²) >= 11 is 1.57. The molecule has 0 spiro atoms. The van der Waals surface area contributed by atoms with Crippen LogP contribution in [0.25, 0.3) is 6.08 Å². The molecule has 7 atom stereocenters. The first-order valence-corrected chi connectivity index (χ1v) is 13.2. The molecule has 7 nitrogen and oxygen atoms in total. The van der Waals surface area contributed by atoms with Gasteiger partial charge in [-0.05, 0) is 44.3 Å². The SMILES string of the molecule is CC(=Cc1csc(C)n1)[C@@H]1C[C@@H]2NC2CCC[C@@H](C)[C@H](O)[C@@H](C)C(=O)C(C)(C)[C@@H](O)CC(=O)O1. The van der Waals surface area contributed by atoms with Crippen molar-refractivity contribution in [2.24, 2.45) is 17.3 Å². The molecular weight excluding hydrogens is 452 g/mol. The highest BCUT2D eigenvalue weighted by molar-refractivity contribution is 7.09. The van der Waals surface area contributed by atoms with E-state index < -0.39 is 35.6 Å². The van der Waals surface area contributed by atoms with Crippen LogP contribution in [0.1, 0.15) is 77.4 Å². The predicted octanol–water partition coefficient (Wildman–Crippen LogP) is 3.66. The molecule has 1 aromatic heterocycles. The van der Waals surface area contributed by atoms with Crippen molar-refractivity contribution in [2.75, 3.05) is 0 Å². The number of hydrogen-bond donors (Lipinski definition) is 3. The maximum atomic E-state index is 13.2. The number of carbonyl (C=O) groups is 2. The fraction of sp³-hybridized carbons (Fsp3) is 0.731. The van der Waals surface area contributed by atoms with Crippen LogP contribution >= 0.6 is 11.3 Å². The molecule has 1 aromatic rings. The van der Waals surface area contributed by atoms with Gasteiger partial charge in [-0.1, -0.05) is 34.1 Å². The molecule has 3 N–H and O–H groups in total.